The highest BCUT2D eigenvalue weighted by atomic mass is 16.4. The molecular weight excluding hydrogens is 146 g/mol. The number of rotatable bonds is 3. The van der Waals surface area contributed by atoms with Crippen LogP contribution in [0.2, 0.25) is 0 Å². The van der Waals surface area contributed by atoms with Crippen LogP contribution in [-0.4, -0.2) is 42.2 Å². The van der Waals surface area contributed by atoms with Crippen molar-refractivity contribution in [3.05, 3.63) is 0 Å². The Morgan fingerprint density at radius 3 is 2.82 bits per heavy atom. The van der Waals surface area contributed by atoms with Crippen LogP contribution in [0.15, 0.2) is 0 Å². The molecule has 1 aliphatic heterocycles. The van der Waals surface area contributed by atoms with Crippen molar-refractivity contribution in [3.8, 4) is 0 Å². The average molecular weight is 158 g/mol. The molecule has 0 amide bonds. The van der Waals surface area contributed by atoms with Crippen molar-refractivity contribution in [3.63, 3.8) is 0 Å². The van der Waals surface area contributed by atoms with Crippen molar-refractivity contribution < 1.29 is 15.0 Å². The van der Waals surface area contributed by atoms with Gasteiger partial charge < -0.3 is 10.0 Å². The number of likely N-dealkylation sites (tertiary alicyclic amines) is 1. The molecule has 0 bridgehead atoms. The Morgan fingerprint density at radius 2 is 2.36 bits per heavy atom. The maximum absolute atomic E-state index is 10.4. The van der Waals surface area contributed by atoms with Gasteiger partial charge in [0.15, 0.2) is 0 Å². The molecule has 0 aromatic rings. The monoisotopic (exact) mass is 158 g/mol. The third-order valence-electron chi connectivity index (χ3n) is 2.03. The molecule has 11 heavy (non-hydrogen) atoms. The first-order chi connectivity index (χ1) is 5.24. The second-order valence-electron chi connectivity index (χ2n) is 2.83. The summed E-state index contributed by atoms with van der Waals surface area (Å²) in [6.45, 7) is 1.67. The third-order valence-corrected chi connectivity index (χ3v) is 2.03. The van der Waals surface area contributed by atoms with Gasteiger partial charge in [-0.3, -0.25) is 4.79 Å². The zero-order valence-electron chi connectivity index (χ0n) is 6.32. The van der Waals surface area contributed by atoms with E-state index in [0.717, 1.165) is 6.54 Å². The first-order valence-electron chi connectivity index (χ1n) is 3.77. The quantitative estimate of drug-likeness (QED) is 0.620. The molecule has 1 fully saturated rings. The minimum Gasteiger partial charge on any atom is -0.481 e. The van der Waals surface area contributed by atoms with E-state index in [1.165, 1.54) is 0 Å². The Labute approximate surface area is 65.4 Å². The predicted octanol–water partition coefficient (Wildman–Crippen LogP) is -0.177. The largest absolute Gasteiger partial charge is 0.481 e. The molecule has 63 valence electrons. The van der Waals surface area contributed by atoms with Crippen LogP contribution in [0.3, 0.4) is 0 Å². The summed E-state index contributed by atoms with van der Waals surface area (Å²) in [5.41, 5.74) is 0. The molecule has 1 atom stereocenters. The van der Waals surface area contributed by atoms with E-state index < -0.39 is 5.97 Å². The number of aliphatic carboxylic acids is 1. The first kappa shape index (κ1) is 8.49. The number of carboxylic acid groups (broad SMARTS) is 1. The maximum Gasteiger partial charge on any atom is 0.307 e. The van der Waals surface area contributed by atoms with E-state index in [1.54, 1.807) is 0 Å². The maximum atomic E-state index is 10.4. The highest BCUT2D eigenvalue weighted by Gasteiger charge is 2.27. The topological polar surface area (TPSA) is 60.4 Å². The van der Waals surface area contributed by atoms with Gasteiger partial charge in [-0.1, -0.05) is 0 Å². The number of nitrogens with zero attached hydrogens (tertiary/aromatic N) is 1. The molecule has 0 aromatic carbocycles. The second kappa shape index (κ2) is 3.69. The molecule has 0 aliphatic carbocycles. The fourth-order valence-corrected chi connectivity index (χ4v) is 1.37. The zero-order chi connectivity index (χ0) is 8.27. The van der Waals surface area contributed by atoms with E-state index in [0.29, 0.717) is 19.5 Å². The van der Waals surface area contributed by atoms with Gasteiger partial charge in [0.25, 0.3) is 0 Å². The van der Waals surface area contributed by atoms with Crippen LogP contribution in [0.25, 0.3) is 0 Å². The molecule has 1 rings (SSSR count). The Balaban J connectivity index is 2.29. The third kappa shape index (κ3) is 2.17. The van der Waals surface area contributed by atoms with Crippen LogP contribution < -0.4 is 0 Å². The predicted molar refractivity (Wildman–Crippen MR) is 37.7 cm³/mol. The molecule has 0 saturated carbocycles. The van der Waals surface area contributed by atoms with Crippen LogP contribution >= 0.6 is 0 Å². The van der Waals surface area contributed by atoms with Crippen LogP contribution in [-0.2, 0) is 9.90 Å². The molecule has 1 saturated heterocycles. The summed E-state index contributed by atoms with van der Waals surface area (Å²) < 4.78 is 0. The number of carboxylic acids is 1. The summed E-state index contributed by atoms with van der Waals surface area (Å²) in [6, 6.07) is 0. The lowest BCUT2D eigenvalue weighted by Gasteiger charge is -2.11. The van der Waals surface area contributed by atoms with E-state index in [9.17, 15) is 9.90 Å². The van der Waals surface area contributed by atoms with Gasteiger partial charge in [0, 0.05) is 13.1 Å². The van der Waals surface area contributed by atoms with Crippen molar-refractivity contribution in [2.45, 2.75) is 6.42 Å². The highest BCUT2D eigenvalue weighted by molar-refractivity contribution is 5.70. The smallest absolute Gasteiger partial charge is 0.307 e. The summed E-state index contributed by atoms with van der Waals surface area (Å²) in [5.74, 6) is -0.986. The Hall–Kier alpha value is -0.610. The molecular formula is C7H12NO3. The van der Waals surface area contributed by atoms with Gasteiger partial charge in [0.1, 0.15) is 0 Å². The molecule has 1 heterocycles. The highest BCUT2D eigenvalue weighted by Crippen LogP contribution is 2.15. The lowest BCUT2D eigenvalue weighted by atomic mass is 10.1. The minimum absolute atomic E-state index is 0.133. The van der Waals surface area contributed by atoms with Gasteiger partial charge >= 0.3 is 5.97 Å². The number of carbonyl (C=O) groups is 1. The molecule has 1 unspecified atom stereocenters. The summed E-state index contributed by atoms with van der Waals surface area (Å²) >= 11 is 0. The van der Waals surface area contributed by atoms with Crippen LogP contribution in [0.4, 0.5) is 0 Å². The van der Waals surface area contributed by atoms with E-state index in [2.05, 4.69) is 0 Å². The van der Waals surface area contributed by atoms with Crippen molar-refractivity contribution in [2.24, 2.45) is 5.92 Å². The number of hydrogen-bond donors (Lipinski definition) is 1. The van der Waals surface area contributed by atoms with E-state index in [-0.39, 0.29) is 12.5 Å². The van der Waals surface area contributed by atoms with Gasteiger partial charge in [-0.05, 0) is 13.0 Å². The van der Waals surface area contributed by atoms with Crippen molar-refractivity contribution in [1.82, 2.24) is 4.90 Å². The SMILES string of the molecule is [O]CCN1CCC(C(=O)O)C1. The van der Waals surface area contributed by atoms with Crippen LogP contribution in [0.5, 0.6) is 0 Å². The van der Waals surface area contributed by atoms with Crippen LogP contribution in [0, 0.1) is 5.92 Å². The summed E-state index contributed by atoms with van der Waals surface area (Å²) in [7, 11) is 0. The second-order valence-corrected chi connectivity index (χ2v) is 2.83. The normalized spacial score (nSPS) is 25.7. The first-order valence-corrected chi connectivity index (χ1v) is 3.77. The van der Waals surface area contributed by atoms with E-state index in [4.69, 9.17) is 5.11 Å². The fourth-order valence-electron chi connectivity index (χ4n) is 1.37. The van der Waals surface area contributed by atoms with Crippen molar-refractivity contribution in [2.75, 3.05) is 26.2 Å². The standard InChI is InChI=1S/C7H12NO3/c9-4-3-8-2-1-6(5-8)7(10)11/h6H,1-5H2,(H,10,11). The molecule has 4 nitrogen and oxygen atoms in total. The van der Waals surface area contributed by atoms with E-state index in [1.807, 2.05) is 4.90 Å². The van der Waals surface area contributed by atoms with Gasteiger partial charge in [-0.15, -0.1) is 0 Å². The molecule has 1 N–H and O–H groups in total. The zero-order valence-corrected chi connectivity index (χ0v) is 6.32. The van der Waals surface area contributed by atoms with Gasteiger partial charge in [-0.25, -0.2) is 5.11 Å². The molecule has 1 aliphatic rings. The minimum atomic E-state index is -0.738. The average Bonchev–Trinajstić information content (AvgIpc) is 2.37. The lowest BCUT2D eigenvalue weighted by molar-refractivity contribution is -0.141. The molecule has 1 radical (unpaired) electrons. The fraction of sp³-hybridized carbons (Fsp3) is 0.857. The lowest BCUT2D eigenvalue weighted by Crippen LogP contribution is -2.25. The Morgan fingerprint density at radius 1 is 1.64 bits per heavy atom. The van der Waals surface area contributed by atoms with Gasteiger partial charge in [0.2, 0.25) is 0 Å². The van der Waals surface area contributed by atoms with Gasteiger partial charge in [0.05, 0.1) is 12.5 Å². The van der Waals surface area contributed by atoms with Gasteiger partial charge in [-0.2, -0.15) is 0 Å². The van der Waals surface area contributed by atoms with Crippen LogP contribution in [0.1, 0.15) is 6.42 Å². The summed E-state index contributed by atoms with van der Waals surface area (Å²) in [4.78, 5) is 12.4. The summed E-state index contributed by atoms with van der Waals surface area (Å²) in [6.07, 6.45) is 0.690. The van der Waals surface area contributed by atoms with E-state index >= 15 is 0 Å². The number of hydrogen-bond acceptors (Lipinski definition) is 2. The van der Waals surface area contributed by atoms with Crippen molar-refractivity contribution >= 4 is 5.97 Å². The summed E-state index contributed by atoms with van der Waals surface area (Å²) in [5, 5.41) is 18.8. The molecule has 0 spiro atoms. The Bertz CT molecular complexity index is 149. The van der Waals surface area contributed by atoms with Crippen molar-refractivity contribution in [1.29, 1.82) is 0 Å². The molecule has 4 heteroatoms. The Kier molecular flexibility index (Phi) is 2.84. The molecule has 0 aromatic heterocycles.